The predicted molar refractivity (Wildman–Crippen MR) is 58.8 cm³/mol. The van der Waals surface area contributed by atoms with E-state index in [4.69, 9.17) is 0 Å². The molecule has 0 fully saturated rings. The number of hydrogen-bond acceptors (Lipinski definition) is 3. The third-order valence-corrected chi connectivity index (χ3v) is 2.64. The number of benzene rings is 2. The van der Waals surface area contributed by atoms with Gasteiger partial charge < -0.3 is 5.11 Å². The van der Waals surface area contributed by atoms with Gasteiger partial charge in [0, 0.05) is 5.39 Å². The standard InChI is InChI=1S/C10H6BrNO2/c11-8-5-6-3-1-2-4-7(6)10(13)9(8)12-14/h1-5,13H. The van der Waals surface area contributed by atoms with Crippen molar-refractivity contribution in [3.8, 4) is 5.75 Å². The van der Waals surface area contributed by atoms with E-state index in [1.807, 2.05) is 12.1 Å². The van der Waals surface area contributed by atoms with Crippen molar-refractivity contribution in [1.82, 2.24) is 0 Å². The van der Waals surface area contributed by atoms with Crippen LogP contribution >= 0.6 is 15.9 Å². The minimum atomic E-state index is -0.0787. The maximum Gasteiger partial charge on any atom is 0.164 e. The van der Waals surface area contributed by atoms with Crippen LogP contribution < -0.4 is 0 Å². The molecule has 0 amide bonds. The summed E-state index contributed by atoms with van der Waals surface area (Å²) in [6.45, 7) is 0. The number of halogens is 1. The summed E-state index contributed by atoms with van der Waals surface area (Å²) in [6.07, 6.45) is 0. The number of rotatable bonds is 1. The van der Waals surface area contributed by atoms with Gasteiger partial charge in [0.05, 0.1) is 4.47 Å². The molecular formula is C10H6BrNO2. The van der Waals surface area contributed by atoms with Crippen LogP contribution in [0.3, 0.4) is 0 Å². The monoisotopic (exact) mass is 251 g/mol. The first-order valence-corrected chi connectivity index (χ1v) is 4.77. The minimum Gasteiger partial charge on any atom is -0.505 e. The molecule has 2 rings (SSSR count). The third-order valence-electron chi connectivity index (χ3n) is 2.04. The van der Waals surface area contributed by atoms with Crippen LogP contribution in [0.1, 0.15) is 0 Å². The number of aromatic hydroxyl groups is 1. The van der Waals surface area contributed by atoms with Gasteiger partial charge in [-0.05, 0) is 32.6 Å². The highest BCUT2D eigenvalue weighted by molar-refractivity contribution is 9.10. The Bertz CT molecular complexity index is 511. The molecule has 0 aliphatic carbocycles. The van der Waals surface area contributed by atoms with Crippen LogP contribution in [-0.4, -0.2) is 5.11 Å². The van der Waals surface area contributed by atoms with Gasteiger partial charge in [-0.3, -0.25) is 0 Å². The quantitative estimate of drug-likeness (QED) is 0.786. The molecule has 0 unspecified atom stereocenters. The highest BCUT2D eigenvalue weighted by Gasteiger charge is 2.10. The first-order valence-electron chi connectivity index (χ1n) is 3.97. The second kappa shape index (κ2) is 3.38. The topological polar surface area (TPSA) is 49.7 Å². The van der Waals surface area contributed by atoms with Crippen LogP contribution in [0, 0.1) is 4.91 Å². The first kappa shape index (κ1) is 9.15. The zero-order valence-electron chi connectivity index (χ0n) is 7.07. The van der Waals surface area contributed by atoms with Crippen LogP contribution in [0.15, 0.2) is 40.0 Å². The normalized spacial score (nSPS) is 10.4. The number of nitrogens with zero attached hydrogens (tertiary/aromatic N) is 1. The van der Waals surface area contributed by atoms with Crippen molar-refractivity contribution >= 4 is 32.4 Å². The van der Waals surface area contributed by atoms with Crippen LogP contribution in [0.2, 0.25) is 0 Å². The van der Waals surface area contributed by atoms with Gasteiger partial charge in [-0.25, -0.2) is 0 Å². The molecule has 4 heteroatoms. The molecule has 0 radical (unpaired) electrons. The lowest BCUT2D eigenvalue weighted by atomic mass is 10.1. The lowest BCUT2D eigenvalue weighted by Gasteiger charge is -2.04. The molecule has 0 saturated carbocycles. The Labute approximate surface area is 88.5 Å². The Morgan fingerprint density at radius 3 is 2.71 bits per heavy atom. The van der Waals surface area contributed by atoms with E-state index in [0.717, 1.165) is 5.39 Å². The van der Waals surface area contributed by atoms with Gasteiger partial charge in [-0.2, -0.15) is 0 Å². The van der Waals surface area contributed by atoms with Gasteiger partial charge >= 0.3 is 0 Å². The van der Waals surface area contributed by atoms with Gasteiger partial charge in [0.25, 0.3) is 0 Å². The van der Waals surface area contributed by atoms with Gasteiger partial charge in [0.1, 0.15) is 0 Å². The molecule has 0 aliphatic heterocycles. The Hall–Kier alpha value is -1.42. The second-order valence-corrected chi connectivity index (χ2v) is 3.72. The van der Waals surface area contributed by atoms with Crippen molar-refractivity contribution in [2.24, 2.45) is 5.18 Å². The summed E-state index contributed by atoms with van der Waals surface area (Å²) >= 11 is 3.17. The Morgan fingerprint density at radius 2 is 2.00 bits per heavy atom. The summed E-state index contributed by atoms with van der Waals surface area (Å²) in [6, 6.07) is 9.01. The number of fused-ring (bicyclic) bond motifs is 1. The maximum atomic E-state index is 10.5. The van der Waals surface area contributed by atoms with Crippen LogP contribution in [-0.2, 0) is 0 Å². The largest absolute Gasteiger partial charge is 0.505 e. The van der Waals surface area contributed by atoms with E-state index in [2.05, 4.69) is 21.1 Å². The molecule has 1 N–H and O–H groups in total. The zero-order chi connectivity index (χ0) is 10.1. The fourth-order valence-corrected chi connectivity index (χ4v) is 1.88. The second-order valence-electron chi connectivity index (χ2n) is 2.87. The number of nitroso groups, excluding NO2 is 1. The molecule has 3 nitrogen and oxygen atoms in total. The average Bonchev–Trinajstić information content (AvgIpc) is 2.18. The van der Waals surface area contributed by atoms with E-state index in [-0.39, 0.29) is 11.4 Å². The molecule has 0 aromatic heterocycles. The molecule has 0 heterocycles. The number of phenolic OH excluding ortho intramolecular Hbond substituents is 1. The predicted octanol–water partition coefficient (Wildman–Crippen LogP) is 3.71. The van der Waals surface area contributed by atoms with Crippen molar-refractivity contribution in [3.05, 3.63) is 39.7 Å². The maximum absolute atomic E-state index is 10.5. The van der Waals surface area contributed by atoms with Crippen molar-refractivity contribution in [1.29, 1.82) is 0 Å². The van der Waals surface area contributed by atoms with E-state index in [1.165, 1.54) is 0 Å². The summed E-state index contributed by atoms with van der Waals surface area (Å²) < 4.78 is 0.503. The van der Waals surface area contributed by atoms with E-state index in [1.54, 1.807) is 18.2 Å². The Kier molecular flexibility index (Phi) is 2.21. The molecule has 0 atom stereocenters. The first-order chi connectivity index (χ1) is 6.74. The Morgan fingerprint density at radius 1 is 1.29 bits per heavy atom. The van der Waals surface area contributed by atoms with Crippen molar-refractivity contribution in [3.63, 3.8) is 0 Å². The lowest BCUT2D eigenvalue weighted by molar-refractivity contribution is 0.483. The molecule has 2 aromatic rings. The van der Waals surface area contributed by atoms with E-state index in [0.29, 0.717) is 9.86 Å². The van der Waals surface area contributed by atoms with E-state index < -0.39 is 0 Å². The molecule has 0 aliphatic rings. The van der Waals surface area contributed by atoms with E-state index in [9.17, 15) is 10.0 Å². The average molecular weight is 252 g/mol. The summed E-state index contributed by atoms with van der Waals surface area (Å²) in [5, 5.41) is 14.0. The van der Waals surface area contributed by atoms with Crippen molar-refractivity contribution in [2.45, 2.75) is 0 Å². The molecule has 14 heavy (non-hydrogen) atoms. The number of phenols is 1. The highest BCUT2D eigenvalue weighted by atomic mass is 79.9. The summed E-state index contributed by atoms with van der Waals surface area (Å²) in [5.74, 6) is -0.0787. The Balaban J connectivity index is 2.92. The van der Waals surface area contributed by atoms with Gasteiger partial charge in [0.2, 0.25) is 0 Å². The van der Waals surface area contributed by atoms with Crippen molar-refractivity contribution < 1.29 is 5.11 Å². The van der Waals surface area contributed by atoms with Crippen molar-refractivity contribution in [2.75, 3.05) is 0 Å². The third kappa shape index (κ3) is 1.28. The van der Waals surface area contributed by atoms with Crippen LogP contribution in [0.4, 0.5) is 5.69 Å². The molecule has 70 valence electrons. The van der Waals surface area contributed by atoms with Gasteiger partial charge in [-0.1, -0.05) is 24.3 Å². The van der Waals surface area contributed by atoms with Gasteiger partial charge in [-0.15, -0.1) is 4.91 Å². The smallest absolute Gasteiger partial charge is 0.164 e. The lowest BCUT2D eigenvalue weighted by Crippen LogP contribution is -1.76. The molecule has 0 spiro atoms. The molecule has 0 saturated heterocycles. The SMILES string of the molecule is O=Nc1c(Br)cc2ccccc2c1O. The van der Waals surface area contributed by atoms with Crippen LogP contribution in [0.5, 0.6) is 5.75 Å². The molecular weight excluding hydrogens is 246 g/mol. The summed E-state index contributed by atoms with van der Waals surface area (Å²) in [7, 11) is 0. The highest BCUT2D eigenvalue weighted by Crippen LogP contribution is 2.40. The van der Waals surface area contributed by atoms with Crippen LogP contribution in [0.25, 0.3) is 10.8 Å². The molecule has 2 aromatic carbocycles. The number of hydrogen-bond donors (Lipinski definition) is 1. The summed E-state index contributed by atoms with van der Waals surface area (Å²) in [4.78, 5) is 10.5. The molecule has 0 bridgehead atoms. The van der Waals surface area contributed by atoms with Gasteiger partial charge in [0.15, 0.2) is 11.4 Å². The zero-order valence-corrected chi connectivity index (χ0v) is 8.65. The minimum absolute atomic E-state index is 0.0451. The summed E-state index contributed by atoms with van der Waals surface area (Å²) in [5.41, 5.74) is 0.0451. The van der Waals surface area contributed by atoms with E-state index >= 15 is 0 Å². The fraction of sp³-hybridized carbons (Fsp3) is 0. The fourth-order valence-electron chi connectivity index (χ4n) is 1.37.